The Hall–Kier alpha value is -1.88. The molecule has 5 heteroatoms. The molecule has 4 nitrogen and oxygen atoms in total. The van der Waals surface area contributed by atoms with Crippen molar-refractivity contribution in [3.8, 4) is 0 Å². The summed E-state index contributed by atoms with van der Waals surface area (Å²) >= 11 is 3.41. The Morgan fingerprint density at radius 2 is 2.10 bits per heavy atom. The summed E-state index contributed by atoms with van der Waals surface area (Å²) in [7, 11) is 0. The van der Waals surface area contributed by atoms with Gasteiger partial charge in [-0.15, -0.1) is 0 Å². The minimum absolute atomic E-state index is 0.107. The molecule has 0 amide bonds. The van der Waals surface area contributed by atoms with Crippen LogP contribution in [0, 0.1) is 6.92 Å². The van der Waals surface area contributed by atoms with Gasteiger partial charge in [0.15, 0.2) is 0 Å². The van der Waals surface area contributed by atoms with Crippen molar-refractivity contribution < 1.29 is 9.90 Å². The first-order chi connectivity index (χ1) is 10.1. The summed E-state index contributed by atoms with van der Waals surface area (Å²) in [5.41, 5.74) is 3.22. The average molecular weight is 349 g/mol. The molecule has 0 atom stereocenters. The summed E-state index contributed by atoms with van der Waals surface area (Å²) in [5.74, 6) is -0.791. The number of nitrogens with zero attached hydrogens (tertiary/aromatic N) is 2. The first-order valence-electron chi connectivity index (χ1n) is 6.68. The molecule has 0 radical (unpaired) electrons. The van der Waals surface area contributed by atoms with Gasteiger partial charge in [0, 0.05) is 35.6 Å². The van der Waals surface area contributed by atoms with Crippen LogP contribution in [0.3, 0.4) is 0 Å². The third-order valence-corrected chi connectivity index (χ3v) is 3.62. The van der Waals surface area contributed by atoms with Gasteiger partial charge in [-0.1, -0.05) is 18.2 Å². The summed E-state index contributed by atoms with van der Waals surface area (Å²) in [6.45, 7) is 3.12. The van der Waals surface area contributed by atoms with Crippen molar-refractivity contribution in [1.82, 2.24) is 4.98 Å². The number of anilines is 1. The number of pyridine rings is 1. The molecule has 2 aromatic rings. The van der Waals surface area contributed by atoms with Crippen LogP contribution in [0.15, 0.2) is 47.2 Å². The van der Waals surface area contributed by atoms with E-state index < -0.39 is 5.97 Å². The van der Waals surface area contributed by atoms with Crippen molar-refractivity contribution in [2.24, 2.45) is 0 Å². The summed E-state index contributed by atoms with van der Waals surface area (Å²) < 4.78 is 0.919. The zero-order valence-electron chi connectivity index (χ0n) is 11.8. The zero-order chi connectivity index (χ0) is 15.2. The van der Waals surface area contributed by atoms with Crippen LogP contribution in [0.5, 0.6) is 0 Å². The Bertz CT molecular complexity index is 631. The quantitative estimate of drug-likeness (QED) is 0.865. The van der Waals surface area contributed by atoms with Crippen molar-refractivity contribution in [2.75, 3.05) is 11.4 Å². The SMILES string of the molecule is Cc1ccccc1N(CCC(=O)O)Cc1cncc(Br)c1. The normalized spacial score (nSPS) is 10.4. The molecule has 0 unspecified atom stereocenters. The van der Waals surface area contributed by atoms with Gasteiger partial charge in [-0.3, -0.25) is 9.78 Å². The Kier molecular flexibility index (Phi) is 5.33. The predicted octanol–water partition coefficient (Wildman–Crippen LogP) is 3.63. The second-order valence-corrected chi connectivity index (χ2v) is 5.78. The molecule has 0 spiro atoms. The van der Waals surface area contributed by atoms with Gasteiger partial charge in [0.1, 0.15) is 0 Å². The molecule has 0 aliphatic heterocycles. The van der Waals surface area contributed by atoms with Crippen LogP contribution >= 0.6 is 15.9 Å². The highest BCUT2D eigenvalue weighted by Crippen LogP contribution is 2.22. The minimum atomic E-state index is -0.791. The largest absolute Gasteiger partial charge is 0.481 e. The van der Waals surface area contributed by atoms with Crippen LogP contribution < -0.4 is 4.90 Å². The number of hydrogen-bond donors (Lipinski definition) is 1. The maximum absolute atomic E-state index is 10.9. The van der Waals surface area contributed by atoms with E-state index in [2.05, 4.69) is 25.8 Å². The zero-order valence-corrected chi connectivity index (χ0v) is 13.4. The van der Waals surface area contributed by atoms with E-state index in [0.717, 1.165) is 21.3 Å². The molecule has 1 N–H and O–H groups in total. The molecule has 0 fully saturated rings. The highest BCUT2D eigenvalue weighted by Gasteiger charge is 2.12. The highest BCUT2D eigenvalue weighted by molar-refractivity contribution is 9.10. The van der Waals surface area contributed by atoms with E-state index in [1.165, 1.54) is 0 Å². The monoisotopic (exact) mass is 348 g/mol. The van der Waals surface area contributed by atoms with Crippen LogP contribution in [0.2, 0.25) is 0 Å². The maximum Gasteiger partial charge on any atom is 0.305 e. The van der Waals surface area contributed by atoms with Crippen molar-refractivity contribution in [2.45, 2.75) is 19.9 Å². The van der Waals surface area contributed by atoms with Crippen molar-refractivity contribution >= 4 is 27.6 Å². The number of benzene rings is 1. The third kappa shape index (κ3) is 4.56. The average Bonchev–Trinajstić information content (AvgIpc) is 2.44. The maximum atomic E-state index is 10.9. The van der Waals surface area contributed by atoms with Crippen LogP contribution in [0.4, 0.5) is 5.69 Å². The first-order valence-corrected chi connectivity index (χ1v) is 7.47. The Balaban J connectivity index is 2.23. The molecular weight excluding hydrogens is 332 g/mol. The molecule has 2 rings (SSSR count). The lowest BCUT2D eigenvalue weighted by molar-refractivity contribution is -0.136. The number of carbonyl (C=O) groups is 1. The van der Waals surface area contributed by atoms with Gasteiger partial charge in [-0.05, 0) is 46.1 Å². The summed E-state index contributed by atoms with van der Waals surface area (Å²) in [6.07, 6.45) is 3.64. The molecule has 0 aliphatic rings. The molecule has 0 bridgehead atoms. The number of aryl methyl sites for hydroxylation is 1. The number of para-hydroxylation sites is 1. The number of rotatable bonds is 6. The van der Waals surface area contributed by atoms with E-state index in [-0.39, 0.29) is 6.42 Å². The third-order valence-electron chi connectivity index (χ3n) is 3.19. The molecular formula is C16H17BrN2O2. The lowest BCUT2D eigenvalue weighted by Crippen LogP contribution is -2.26. The highest BCUT2D eigenvalue weighted by atomic mass is 79.9. The van der Waals surface area contributed by atoms with Gasteiger partial charge in [0.05, 0.1) is 6.42 Å². The van der Waals surface area contributed by atoms with Gasteiger partial charge in [-0.25, -0.2) is 0 Å². The standard InChI is InChI=1S/C16H17BrN2O2/c1-12-4-2-3-5-15(12)19(7-6-16(20)21)11-13-8-14(17)10-18-9-13/h2-5,8-10H,6-7,11H2,1H3,(H,20,21). The number of hydrogen-bond acceptors (Lipinski definition) is 3. The van der Waals surface area contributed by atoms with E-state index in [9.17, 15) is 4.79 Å². The van der Waals surface area contributed by atoms with Gasteiger partial charge in [0.25, 0.3) is 0 Å². The Labute approximate surface area is 132 Å². The summed E-state index contributed by atoms with van der Waals surface area (Å²) in [4.78, 5) is 17.1. The molecule has 1 aromatic carbocycles. The van der Waals surface area contributed by atoms with E-state index in [1.807, 2.05) is 37.3 Å². The first kappa shape index (κ1) is 15.5. The number of halogens is 1. The smallest absolute Gasteiger partial charge is 0.305 e. The fraction of sp³-hybridized carbons (Fsp3) is 0.250. The molecule has 0 saturated carbocycles. The van der Waals surface area contributed by atoms with Gasteiger partial charge in [-0.2, -0.15) is 0 Å². The second-order valence-electron chi connectivity index (χ2n) is 4.86. The van der Waals surface area contributed by atoms with Crippen LogP contribution in [-0.2, 0) is 11.3 Å². The molecule has 1 heterocycles. The lowest BCUT2D eigenvalue weighted by Gasteiger charge is -2.26. The number of carboxylic acid groups (broad SMARTS) is 1. The van der Waals surface area contributed by atoms with Crippen LogP contribution in [-0.4, -0.2) is 22.6 Å². The molecule has 21 heavy (non-hydrogen) atoms. The van der Waals surface area contributed by atoms with E-state index >= 15 is 0 Å². The van der Waals surface area contributed by atoms with Gasteiger partial charge >= 0.3 is 5.97 Å². The molecule has 0 saturated heterocycles. The van der Waals surface area contributed by atoms with E-state index in [0.29, 0.717) is 13.1 Å². The minimum Gasteiger partial charge on any atom is -0.481 e. The topological polar surface area (TPSA) is 53.4 Å². The summed E-state index contributed by atoms with van der Waals surface area (Å²) in [6, 6.07) is 9.99. The fourth-order valence-corrected chi connectivity index (χ4v) is 2.61. The molecule has 110 valence electrons. The molecule has 0 aliphatic carbocycles. The van der Waals surface area contributed by atoms with E-state index in [1.54, 1.807) is 12.4 Å². The van der Waals surface area contributed by atoms with Crippen LogP contribution in [0.25, 0.3) is 0 Å². The van der Waals surface area contributed by atoms with Crippen LogP contribution in [0.1, 0.15) is 17.5 Å². The van der Waals surface area contributed by atoms with E-state index in [4.69, 9.17) is 5.11 Å². The Morgan fingerprint density at radius 3 is 2.76 bits per heavy atom. The Morgan fingerprint density at radius 1 is 1.33 bits per heavy atom. The summed E-state index contributed by atoms with van der Waals surface area (Å²) in [5, 5.41) is 8.94. The van der Waals surface area contributed by atoms with Gasteiger partial charge in [0.2, 0.25) is 0 Å². The number of aliphatic carboxylic acids is 1. The number of carboxylic acids is 1. The van der Waals surface area contributed by atoms with Crippen molar-refractivity contribution in [3.63, 3.8) is 0 Å². The lowest BCUT2D eigenvalue weighted by atomic mass is 10.1. The molecule has 1 aromatic heterocycles. The van der Waals surface area contributed by atoms with Crippen molar-refractivity contribution in [3.05, 3.63) is 58.3 Å². The van der Waals surface area contributed by atoms with Gasteiger partial charge < -0.3 is 10.0 Å². The number of aromatic nitrogens is 1. The van der Waals surface area contributed by atoms with Crippen molar-refractivity contribution in [1.29, 1.82) is 0 Å². The second kappa shape index (κ2) is 7.22. The fourth-order valence-electron chi connectivity index (χ4n) is 2.20. The predicted molar refractivity (Wildman–Crippen MR) is 86.4 cm³/mol.